The van der Waals surface area contributed by atoms with Gasteiger partial charge in [0.2, 0.25) is 5.91 Å². The van der Waals surface area contributed by atoms with Crippen LogP contribution in [0.2, 0.25) is 15.1 Å². The molecule has 1 unspecified atom stereocenters. The van der Waals surface area contributed by atoms with Crippen molar-refractivity contribution in [3.63, 3.8) is 0 Å². The van der Waals surface area contributed by atoms with Crippen molar-refractivity contribution in [1.29, 1.82) is 0 Å². The smallest absolute Gasteiger partial charge is 0.224 e. The molecule has 2 N–H and O–H groups in total. The molecule has 6 heteroatoms. The maximum atomic E-state index is 12.0. The molecular formula is C13H15Cl3N2O. The van der Waals surface area contributed by atoms with E-state index in [1.54, 1.807) is 12.1 Å². The van der Waals surface area contributed by atoms with Crippen molar-refractivity contribution in [3.8, 4) is 0 Å². The van der Waals surface area contributed by atoms with Crippen LogP contribution in [0.3, 0.4) is 0 Å². The Morgan fingerprint density at radius 2 is 2.00 bits per heavy atom. The van der Waals surface area contributed by atoms with Crippen molar-refractivity contribution in [1.82, 2.24) is 5.32 Å². The Morgan fingerprint density at radius 1 is 1.32 bits per heavy atom. The van der Waals surface area contributed by atoms with E-state index in [1.165, 1.54) is 0 Å². The van der Waals surface area contributed by atoms with E-state index in [2.05, 4.69) is 10.6 Å². The molecule has 1 amide bonds. The van der Waals surface area contributed by atoms with Gasteiger partial charge >= 0.3 is 0 Å². The van der Waals surface area contributed by atoms with Crippen molar-refractivity contribution in [2.24, 2.45) is 5.92 Å². The fraction of sp³-hybridized carbons (Fsp3) is 0.462. The van der Waals surface area contributed by atoms with Crippen molar-refractivity contribution < 1.29 is 4.79 Å². The first-order valence-corrected chi connectivity index (χ1v) is 7.35. The average molecular weight is 322 g/mol. The molecule has 1 aliphatic rings. The highest BCUT2D eigenvalue weighted by atomic mass is 35.5. The Hall–Kier alpha value is -0.480. The van der Waals surface area contributed by atoms with Gasteiger partial charge in [0.1, 0.15) is 0 Å². The maximum Gasteiger partial charge on any atom is 0.224 e. The summed E-state index contributed by atoms with van der Waals surface area (Å²) in [6, 6.07) is 3.12. The van der Waals surface area contributed by atoms with Crippen LogP contribution in [0.15, 0.2) is 12.1 Å². The van der Waals surface area contributed by atoms with Crippen LogP contribution in [0.4, 0.5) is 5.69 Å². The van der Waals surface area contributed by atoms with E-state index in [0.29, 0.717) is 33.1 Å². The van der Waals surface area contributed by atoms with Gasteiger partial charge in [-0.25, -0.2) is 0 Å². The molecule has 1 heterocycles. The highest BCUT2D eigenvalue weighted by Crippen LogP contribution is 2.33. The lowest BCUT2D eigenvalue weighted by Gasteiger charge is -2.22. The summed E-state index contributed by atoms with van der Waals surface area (Å²) in [5, 5.41) is 7.21. The molecule has 0 spiro atoms. The van der Waals surface area contributed by atoms with Crippen LogP contribution in [0, 0.1) is 5.92 Å². The molecule has 2 rings (SSSR count). The van der Waals surface area contributed by atoms with Crippen molar-refractivity contribution in [2.45, 2.75) is 19.3 Å². The minimum Gasteiger partial charge on any atom is -0.324 e. The quantitative estimate of drug-likeness (QED) is 0.884. The number of piperidine rings is 1. The molecule has 3 nitrogen and oxygen atoms in total. The zero-order valence-electron chi connectivity index (χ0n) is 10.3. The second-order valence-corrected chi connectivity index (χ2v) is 5.96. The molecular weight excluding hydrogens is 307 g/mol. The number of benzene rings is 1. The molecule has 1 aromatic rings. The third-order valence-corrected chi connectivity index (χ3v) is 3.96. The minimum absolute atomic E-state index is 0.0696. The first-order chi connectivity index (χ1) is 9.06. The number of rotatable bonds is 3. The summed E-state index contributed by atoms with van der Waals surface area (Å²) in [6.45, 7) is 1.92. The highest BCUT2D eigenvalue weighted by molar-refractivity contribution is 6.42. The van der Waals surface area contributed by atoms with Gasteiger partial charge in [0.15, 0.2) is 0 Å². The molecule has 104 valence electrons. The summed E-state index contributed by atoms with van der Waals surface area (Å²) in [5.74, 6) is 0.304. The van der Waals surface area contributed by atoms with Gasteiger partial charge < -0.3 is 10.6 Å². The Bertz CT molecular complexity index is 450. The fourth-order valence-corrected chi connectivity index (χ4v) is 3.12. The molecule has 0 aliphatic carbocycles. The molecule has 19 heavy (non-hydrogen) atoms. The van der Waals surface area contributed by atoms with Gasteiger partial charge in [0.25, 0.3) is 0 Å². The number of nitrogens with one attached hydrogen (secondary N) is 2. The topological polar surface area (TPSA) is 41.1 Å². The predicted octanol–water partition coefficient (Wildman–Crippen LogP) is 3.98. The summed E-state index contributed by atoms with van der Waals surface area (Å²) in [4.78, 5) is 12.0. The lowest BCUT2D eigenvalue weighted by Crippen LogP contribution is -2.32. The summed E-state index contributed by atoms with van der Waals surface area (Å²) in [5.41, 5.74) is 0.432. The Balaban J connectivity index is 1.98. The molecule has 1 aliphatic heterocycles. The van der Waals surface area contributed by atoms with E-state index < -0.39 is 0 Å². The van der Waals surface area contributed by atoms with Crippen molar-refractivity contribution >= 4 is 46.4 Å². The third kappa shape index (κ3) is 4.25. The van der Waals surface area contributed by atoms with Gasteiger partial charge in [-0.15, -0.1) is 0 Å². The Labute approximate surface area is 127 Å². The second kappa shape index (κ2) is 6.80. The first-order valence-electron chi connectivity index (χ1n) is 6.21. The molecule has 1 saturated heterocycles. The van der Waals surface area contributed by atoms with Gasteiger partial charge in [0.05, 0.1) is 15.7 Å². The number of anilines is 1. The molecule has 1 fully saturated rings. The van der Waals surface area contributed by atoms with Gasteiger partial charge in [0, 0.05) is 11.4 Å². The molecule has 0 aromatic heterocycles. The largest absolute Gasteiger partial charge is 0.324 e. The fourth-order valence-electron chi connectivity index (χ4n) is 2.21. The van der Waals surface area contributed by atoms with Crippen LogP contribution in [-0.4, -0.2) is 19.0 Å². The first kappa shape index (κ1) is 14.9. The summed E-state index contributed by atoms with van der Waals surface area (Å²) < 4.78 is 0. The molecule has 0 saturated carbocycles. The van der Waals surface area contributed by atoms with E-state index in [-0.39, 0.29) is 5.91 Å². The van der Waals surface area contributed by atoms with E-state index >= 15 is 0 Å². The number of hydrogen-bond acceptors (Lipinski definition) is 2. The Kier molecular flexibility index (Phi) is 5.34. The second-order valence-electron chi connectivity index (χ2n) is 4.71. The van der Waals surface area contributed by atoms with Gasteiger partial charge in [-0.05, 0) is 44.0 Å². The molecule has 1 aromatic carbocycles. The Morgan fingerprint density at radius 3 is 2.58 bits per heavy atom. The van der Waals surface area contributed by atoms with Crippen LogP contribution in [0.1, 0.15) is 19.3 Å². The van der Waals surface area contributed by atoms with Crippen LogP contribution in [0.5, 0.6) is 0 Å². The van der Waals surface area contributed by atoms with Gasteiger partial charge in [-0.2, -0.15) is 0 Å². The zero-order chi connectivity index (χ0) is 13.8. The van der Waals surface area contributed by atoms with E-state index in [4.69, 9.17) is 34.8 Å². The van der Waals surface area contributed by atoms with Crippen molar-refractivity contribution in [3.05, 3.63) is 27.2 Å². The summed E-state index contributed by atoms with van der Waals surface area (Å²) in [7, 11) is 0. The van der Waals surface area contributed by atoms with E-state index in [0.717, 1.165) is 25.9 Å². The molecule has 0 bridgehead atoms. The number of amides is 1. The number of halogens is 3. The zero-order valence-corrected chi connectivity index (χ0v) is 12.6. The summed E-state index contributed by atoms with van der Waals surface area (Å²) in [6.07, 6.45) is 2.66. The number of hydrogen-bond donors (Lipinski definition) is 2. The predicted molar refractivity (Wildman–Crippen MR) is 80.3 cm³/mol. The SMILES string of the molecule is O=C(CC1CCCNC1)Nc1c(Cl)cc(Cl)cc1Cl. The van der Waals surface area contributed by atoms with Gasteiger partial charge in [-0.3, -0.25) is 4.79 Å². The van der Waals surface area contributed by atoms with Crippen LogP contribution in [0.25, 0.3) is 0 Å². The normalized spacial score (nSPS) is 19.2. The van der Waals surface area contributed by atoms with E-state index in [1.807, 2.05) is 0 Å². The average Bonchev–Trinajstić information content (AvgIpc) is 2.35. The van der Waals surface area contributed by atoms with Crippen LogP contribution in [-0.2, 0) is 4.79 Å². The highest BCUT2D eigenvalue weighted by Gasteiger charge is 2.18. The number of carbonyl (C=O) groups excluding carboxylic acids is 1. The maximum absolute atomic E-state index is 12.0. The van der Waals surface area contributed by atoms with E-state index in [9.17, 15) is 4.79 Å². The number of carbonyl (C=O) groups is 1. The molecule has 1 atom stereocenters. The third-order valence-electron chi connectivity index (χ3n) is 3.14. The lowest BCUT2D eigenvalue weighted by molar-refractivity contribution is -0.117. The summed E-state index contributed by atoms with van der Waals surface area (Å²) >= 11 is 17.9. The minimum atomic E-state index is -0.0696. The van der Waals surface area contributed by atoms with Crippen LogP contribution < -0.4 is 10.6 Å². The molecule has 0 radical (unpaired) electrons. The monoisotopic (exact) mass is 320 g/mol. The lowest BCUT2D eigenvalue weighted by atomic mass is 9.96. The van der Waals surface area contributed by atoms with Crippen LogP contribution >= 0.6 is 34.8 Å². The van der Waals surface area contributed by atoms with Gasteiger partial charge in [-0.1, -0.05) is 34.8 Å². The standard InChI is InChI=1S/C13H15Cl3N2O/c14-9-5-10(15)13(11(16)6-9)18-12(19)4-8-2-1-3-17-7-8/h5-6,8,17H,1-4,7H2,(H,18,19). The van der Waals surface area contributed by atoms with Crippen molar-refractivity contribution in [2.75, 3.05) is 18.4 Å².